The minimum absolute atomic E-state index is 0.270. The number of benzene rings is 1. The van der Waals surface area contributed by atoms with Crippen molar-refractivity contribution < 1.29 is 9.53 Å². The number of carbonyl (C=O) groups is 1. The van der Waals surface area contributed by atoms with Gasteiger partial charge in [0.15, 0.2) is 0 Å². The van der Waals surface area contributed by atoms with Crippen LogP contribution in [0.25, 0.3) is 11.1 Å². The van der Waals surface area contributed by atoms with Crippen LogP contribution in [-0.2, 0) is 6.61 Å². The minimum Gasteiger partial charge on any atom is -0.486 e. The molecule has 0 radical (unpaired) electrons. The fraction of sp³-hybridized carbons (Fsp3) is 0.105. The molecule has 5 nitrogen and oxygen atoms in total. The summed E-state index contributed by atoms with van der Waals surface area (Å²) < 4.78 is 5.73. The molecule has 1 aromatic carbocycles. The highest BCUT2D eigenvalue weighted by molar-refractivity contribution is 5.97. The molecule has 2 heterocycles. The van der Waals surface area contributed by atoms with E-state index in [2.05, 4.69) is 9.97 Å². The van der Waals surface area contributed by atoms with Crippen LogP contribution in [0.15, 0.2) is 60.9 Å². The summed E-state index contributed by atoms with van der Waals surface area (Å²) in [6, 6.07) is 14.8. The van der Waals surface area contributed by atoms with Crippen molar-refractivity contribution in [3.05, 3.63) is 77.9 Å². The summed E-state index contributed by atoms with van der Waals surface area (Å²) in [5.41, 5.74) is 9.35. The third-order valence-electron chi connectivity index (χ3n) is 3.66. The Bertz CT molecular complexity index is 863. The standard InChI is InChI=1S/C19H17N3O2/c1-13-16(6-4-10-21-13)14-7-8-18(17(11-14)19(20)23)24-12-15-5-2-3-9-22-15/h2-11H,12H2,1H3,(H2,20,23). The summed E-state index contributed by atoms with van der Waals surface area (Å²) in [4.78, 5) is 20.3. The number of aromatic nitrogens is 2. The van der Waals surface area contributed by atoms with E-state index in [1.54, 1.807) is 24.5 Å². The Balaban J connectivity index is 1.91. The highest BCUT2D eigenvalue weighted by atomic mass is 16.5. The van der Waals surface area contributed by atoms with Crippen molar-refractivity contribution >= 4 is 5.91 Å². The van der Waals surface area contributed by atoms with E-state index in [0.29, 0.717) is 11.3 Å². The van der Waals surface area contributed by atoms with Crippen molar-refractivity contribution in [3.63, 3.8) is 0 Å². The van der Waals surface area contributed by atoms with Gasteiger partial charge < -0.3 is 10.5 Å². The quantitative estimate of drug-likeness (QED) is 0.783. The zero-order valence-electron chi connectivity index (χ0n) is 13.3. The van der Waals surface area contributed by atoms with Crippen LogP contribution >= 0.6 is 0 Å². The van der Waals surface area contributed by atoms with Crippen molar-refractivity contribution in [2.45, 2.75) is 13.5 Å². The summed E-state index contributed by atoms with van der Waals surface area (Å²) in [5.74, 6) is -0.0899. The Labute approximate surface area is 140 Å². The van der Waals surface area contributed by atoms with E-state index < -0.39 is 5.91 Å². The molecule has 2 aromatic heterocycles. The number of pyridine rings is 2. The lowest BCUT2D eigenvalue weighted by Crippen LogP contribution is -2.13. The predicted molar refractivity (Wildman–Crippen MR) is 91.5 cm³/mol. The first-order chi connectivity index (χ1) is 11.6. The molecule has 0 aliphatic heterocycles. The van der Waals surface area contributed by atoms with Gasteiger partial charge in [0.25, 0.3) is 5.91 Å². The Hall–Kier alpha value is -3.21. The van der Waals surface area contributed by atoms with Gasteiger partial charge >= 0.3 is 0 Å². The van der Waals surface area contributed by atoms with E-state index in [0.717, 1.165) is 22.5 Å². The van der Waals surface area contributed by atoms with E-state index >= 15 is 0 Å². The SMILES string of the molecule is Cc1ncccc1-c1ccc(OCc2ccccn2)c(C(N)=O)c1. The summed E-state index contributed by atoms with van der Waals surface area (Å²) in [7, 11) is 0. The van der Waals surface area contributed by atoms with Gasteiger partial charge in [-0.2, -0.15) is 0 Å². The zero-order chi connectivity index (χ0) is 16.9. The van der Waals surface area contributed by atoms with Crippen LogP contribution in [0.2, 0.25) is 0 Å². The number of hydrogen-bond donors (Lipinski definition) is 1. The summed E-state index contributed by atoms with van der Waals surface area (Å²) in [6.07, 6.45) is 3.43. The molecule has 0 fully saturated rings. The number of ether oxygens (including phenoxy) is 1. The molecule has 0 saturated heterocycles. The van der Waals surface area contributed by atoms with Crippen molar-refractivity contribution in [1.29, 1.82) is 0 Å². The molecule has 1 amide bonds. The lowest BCUT2D eigenvalue weighted by molar-refractivity contribution is 0.0996. The highest BCUT2D eigenvalue weighted by Gasteiger charge is 2.13. The molecular weight excluding hydrogens is 302 g/mol. The van der Waals surface area contributed by atoms with Crippen molar-refractivity contribution in [2.75, 3.05) is 0 Å². The smallest absolute Gasteiger partial charge is 0.252 e. The molecule has 0 bridgehead atoms. The minimum atomic E-state index is -0.533. The maximum atomic E-state index is 11.8. The number of nitrogens with zero attached hydrogens (tertiary/aromatic N) is 2. The first-order valence-corrected chi connectivity index (χ1v) is 7.53. The van der Waals surface area contributed by atoms with E-state index in [1.165, 1.54) is 0 Å². The number of rotatable bonds is 5. The van der Waals surface area contributed by atoms with Crippen molar-refractivity contribution in [1.82, 2.24) is 9.97 Å². The van der Waals surface area contributed by atoms with E-state index in [-0.39, 0.29) is 6.61 Å². The molecular formula is C19H17N3O2. The molecule has 3 rings (SSSR count). The van der Waals surface area contributed by atoms with Gasteiger partial charge in [-0.05, 0) is 42.8 Å². The van der Waals surface area contributed by atoms with Gasteiger partial charge in [-0.25, -0.2) is 0 Å². The second-order valence-electron chi connectivity index (χ2n) is 5.32. The number of nitrogens with two attached hydrogens (primary N) is 1. The Morgan fingerprint density at radius 3 is 2.62 bits per heavy atom. The fourth-order valence-corrected chi connectivity index (χ4v) is 2.44. The summed E-state index contributed by atoms with van der Waals surface area (Å²) >= 11 is 0. The first kappa shape index (κ1) is 15.7. The predicted octanol–water partition coefficient (Wildman–Crippen LogP) is 3.13. The van der Waals surface area contributed by atoms with Crippen LogP contribution in [0.3, 0.4) is 0 Å². The van der Waals surface area contributed by atoms with Crippen LogP contribution < -0.4 is 10.5 Å². The average Bonchev–Trinajstić information content (AvgIpc) is 2.61. The number of aryl methyl sites for hydroxylation is 1. The van der Waals surface area contributed by atoms with Gasteiger partial charge in [0.1, 0.15) is 12.4 Å². The van der Waals surface area contributed by atoms with Gasteiger partial charge in [0.2, 0.25) is 0 Å². The maximum Gasteiger partial charge on any atom is 0.252 e. The van der Waals surface area contributed by atoms with E-state index in [4.69, 9.17) is 10.5 Å². The van der Waals surface area contributed by atoms with Crippen LogP contribution in [0, 0.1) is 6.92 Å². The molecule has 0 spiro atoms. The lowest BCUT2D eigenvalue weighted by atomic mass is 10.0. The molecule has 0 saturated carbocycles. The Kier molecular flexibility index (Phi) is 4.52. The van der Waals surface area contributed by atoms with Crippen molar-refractivity contribution in [3.8, 4) is 16.9 Å². The highest BCUT2D eigenvalue weighted by Crippen LogP contribution is 2.28. The normalized spacial score (nSPS) is 10.4. The molecule has 0 aliphatic carbocycles. The molecule has 3 aromatic rings. The fourth-order valence-electron chi connectivity index (χ4n) is 2.44. The first-order valence-electron chi connectivity index (χ1n) is 7.53. The van der Waals surface area contributed by atoms with Gasteiger partial charge in [-0.3, -0.25) is 14.8 Å². The van der Waals surface area contributed by atoms with Crippen LogP contribution in [0.4, 0.5) is 0 Å². The molecule has 0 unspecified atom stereocenters. The lowest BCUT2D eigenvalue weighted by Gasteiger charge is -2.12. The molecule has 24 heavy (non-hydrogen) atoms. The number of hydrogen-bond acceptors (Lipinski definition) is 4. The Morgan fingerprint density at radius 1 is 1.08 bits per heavy atom. The number of amides is 1. The molecule has 0 atom stereocenters. The molecule has 2 N–H and O–H groups in total. The third-order valence-corrected chi connectivity index (χ3v) is 3.66. The average molecular weight is 319 g/mol. The molecule has 0 aliphatic rings. The van der Waals surface area contributed by atoms with E-state index in [9.17, 15) is 4.79 Å². The largest absolute Gasteiger partial charge is 0.486 e. The van der Waals surface area contributed by atoms with Gasteiger partial charge in [-0.15, -0.1) is 0 Å². The van der Waals surface area contributed by atoms with Crippen molar-refractivity contribution in [2.24, 2.45) is 5.73 Å². The van der Waals surface area contributed by atoms with E-state index in [1.807, 2.05) is 43.3 Å². The second-order valence-corrected chi connectivity index (χ2v) is 5.32. The zero-order valence-corrected chi connectivity index (χ0v) is 13.3. The maximum absolute atomic E-state index is 11.8. The molecule has 120 valence electrons. The second kappa shape index (κ2) is 6.91. The monoisotopic (exact) mass is 319 g/mol. The van der Waals surface area contributed by atoms with Gasteiger partial charge in [0.05, 0.1) is 11.3 Å². The topological polar surface area (TPSA) is 78.1 Å². The van der Waals surface area contributed by atoms with Crippen LogP contribution in [-0.4, -0.2) is 15.9 Å². The number of carbonyl (C=O) groups excluding carboxylic acids is 1. The molecule has 5 heteroatoms. The Morgan fingerprint density at radius 2 is 1.92 bits per heavy atom. The summed E-state index contributed by atoms with van der Waals surface area (Å²) in [6.45, 7) is 2.19. The van der Waals surface area contributed by atoms with Gasteiger partial charge in [0, 0.05) is 23.7 Å². The third kappa shape index (κ3) is 3.41. The summed E-state index contributed by atoms with van der Waals surface area (Å²) in [5, 5.41) is 0. The van der Waals surface area contributed by atoms with Gasteiger partial charge in [-0.1, -0.05) is 18.2 Å². The number of primary amides is 1. The van der Waals surface area contributed by atoms with Crippen LogP contribution in [0.5, 0.6) is 5.75 Å². The van der Waals surface area contributed by atoms with Crippen LogP contribution in [0.1, 0.15) is 21.7 Å².